The molecule has 2 aromatic rings. The summed E-state index contributed by atoms with van der Waals surface area (Å²) in [6.45, 7) is 7.38. The summed E-state index contributed by atoms with van der Waals surface area (Å²) in [5.74, 6) is 1.62. The summed E-state index contributed by atoms with van der Waals surface area (Å²) in [7, 11) is 3.40. The molecule has 1 aliphatic heterocycles. The molecule has 1 aromatic carbocycles. The van der Waals surface area contributed by atoms with Crippen molar-refractivity contribution in [3.63, 3.8) is 0 Å². The monoisotopic (exact) mass is 405 g/mol. The molecular weight excluding hydrogens is 374 g/mol. The van der Waals surface area contributed by atoms with E-state index in [0.717, 1.165) is 43.2 Å². The van der Waals surface area contributed by atoms with Crippen molar-refractivity contribution < 1.29 is 9.47 Å². The van der Waals surface area contributed by atoms with E-state index >= 15 is 0 Å². The molecule has 1 fully saturated rings. The van der Waals surface area contributed by atoms with E-state index in [9.17, 15) is 0 Å². The molecule has 0 amide bonds. The number of likely N-dealkylation sites (N-methyl/N-ethyl adjacent to an activating group) is 1. The van der Waals surface area contributed by atoms with Gasteiger partial charge in [-0.2, -0.15) is 0 Å². The van der Waals surface area contributed by atoms with Crippen molar-refractivity contribution in [2.75, 3.05) is 33.9 Å². The van der Waals surface area contributed by atoms with Crippen molar-refractivity contribution >= 4 is 12.4 Å². The van der Waals surface area contributed by atoms with E-state index in [-0.39, 0.29) is 12.4 Å². The van der Waals surface area contributed by atoms with E-state index in [2.05, 4.69) is 39.9 Å². The summed E-state index contributed by atoms with van der Waals surface area (Å²) in [5.41, 5.74) is 2.44. The number of nitrogens with zero attached hydrogens (tertiary/aromatic N) is 3. The molecule has 1 saturated heterocycles. The molecule has 1 unspecified atom stereocenters. The highest BCUT2D eigenvalue weighted by molar-refractivity contribution is 5.85. The first kappa shape index (κ1) is 22.5. The lowest BCUT2D eigenvalue weighted by Gasteiger charge is -2.31. The number of likely N-dealkylation sites (tertiary alicyclic amines) is 1. The molecule has 0 radical (unpaired) electrons. The van der Waals surface area contributed by atoms with Crippen LogP contribution in [-0.4, -0.2) is 54.7 Å². The second kappa shape index (κ2) is 11.2. The van der Waals surface area contributed by atoms with Crippen LogP contribution in [0.5, 0.6) is 11.5 Å². The Bertz CT molecular complexity index is 714. The molecule has 28 heavy (non-hydrogen) atoms. The third-order valence-corrected chi connectivity index (χ3v) is 5.41. The topological polar surface area (TPSA) is 37.8 Å². The Labute approximate surface area is 175 Å². The van der Waals surface area contributed by atoms with Gasteiger partial charge in [0.25, 0.3) is 0 Å². The summed E-state index contributed by atoms with van der Waals surface area (Å²) in [6.07, 6.45) is 6.31. The average Bonchev–Trinajstić information content (AvgIpc) is 3.15. The van der Waals surface area contributed by atoms with E-state index in [1.54, 1.807) is 14.2 Å². The van der Waals surface area contributed by atoms with E-state index in [1.807, 2.05) is 24.5 Å². The van der Waals surface area contributed by atoms with Crippen LogP contribution < -0.4 is 9.47 Å². The molecule has 2 heterocycles. The molecular formula is C22H32ClN3O2. The number of halogens is 1. The van der Waals surface area contributed by atoms with Gasteiger partial charge in [0.15, 0.2) is 11.5 Å². The van der Waals surface area contributed by atoms with Crippen molar-refractivity contribution in [2.24, 2.45) is 0 Å². The summed E-state index contributed by atoms with van der Waals surface area (Å²) >= 11 is 0. The van der Waals surface area contributed by atoms with Crippen molar-refractivity contribution in [3.8, 4) is 11.5 Å². The minimum Gasteiger partial charge on any atom is -0.493 e. The van der Waals surface area contributed by atoms with Gasteiger partial charge < -0.3 is 9.47 Å². The highest BCUT2D eigenvalue weighted by atomic mass is 35.5. The van der Waals surface area contributed by atoms with E-state index in [0.29, 0.717) is 6.04 Å². The number of hydrogen-bond acceptors (Lipinski definition) is 5. The van der Waals surface area contributed by atoms with E-state index < -0.39 is 0 Å². The molecule has 1 atom stereocenters. The number of ether oxygens (including phenoxy) is 2. The predicted octanol–water partition coefficient (Wildman–Crippen LogP) is 4.01. The molecule has 6 heteroatoms. The first-order valence-corrected chi connectivity index (χ1v) is 9.80. The molecule has 154 valence electrons. The standard InChI is InChI=1S/C22H31N3O2.ClH/c1-4-25-14-6-8-20(25)17-24(15-18-10-12-23-13-11-18)16-19-7-5-9-21(26-2)22(19)27-3;/h5,7,9-13,20H,4,6,8,14-17H2,1-3H3;1H. The Balaban J connectivity index is 0.00000280. The third-order valence-electron chi connectivity index (χ3n) is 5.41. The smallest absolute Gasteiger partial charge is 0.165 e. The second-order valence-electron chi connectivity index (χ2n) is 7.10. The molecule has 0 saturated carbocycles. The van der Waals surface area contributed by atoms with Crippen LogP contribution in [0.2, 0.25) is 0 Å². The largest absolute Gasteiger partial charge is 0.493 e. The van der Waals surface area contributed by atoms with Crippen LogP contribution in [0.3, 0.4) is 0 Å². The maximum absolute atomic E-state index is 5.66. The minimum atomic E-state index is 0. The number of aromatic nitrogens is 1. The molecule has 0 bridgehead atoms. The van der Waals surface area contributed by atoms with Crippen LogP contribution in [0, 0.1) is 0 Å². The fourth-order valence-electron chi connectivity index (χ4n) is 4.07. The molecule has 0 aliphatic carbocycles. The number of benzene rings is 1. The number of pyridine rings is 1. The summed E-state index contributed by atoms with van der Waals surface area (Å²) in [5, 5.41) is 0. The highest BCUT2D eigenvalue weighted by Gasteiger charge is 2.26. The quantitative estimate of drug-likeness (QED) is 0.630. The van der Waals surface area contributed by atoms with Crippen LogP contribution >= 0.6 is 12.4 Å². The van der Waals surface area contributed by atoms with Gasteiger partial charge in [-0.15, -0.1) is 12.4 Å². The Morgan fingerprint density at radius 2 is 1.89 bits per heavy atom. The van der Waals surface area contributed by atoms with Crippen LogP contribution in [0.1, 0.15) is 30.9 Å². The van der Waals surface area contributed by atoms with Crippen molar-refractivity contribution in [1.82, 2.24) is 14.8 Å². The van der Waals surface area contributed by atoms with Gasteiger partial charge in [-0.05, 0) is 49.7 Å². The van der Waals surface area contributed by atoms with Gasteiger partial charge in [0.1, 0.15) is 0 Å². The normalized spacial score (nSPS) is 16.8. The SMILES string of the molecule is CCN1CCCC1CN(Cc1ccncc1)Cc1cccc(OC)c1OC.Cl. The predicted molar refractivity (Wildman–Crippen MR) is 115 cm³/mol. The first-order valence-electron chi connectivity index (χ1n) is 9.80. The van der Waals surface area contributed by atoms with Gasteiger partial charge >= 0.3 is 0 Å². The van der Waals surface area contributed by atoms with Crippen molar-refractivity contribution in [2.45, 2.75) is 38.9 Å². The van der Waals surface area contributed by atoms with Crippen LogP contribution in [0.4, 0.5) is 0 Å². The molecule has 0 spiro atoms. The van der Waals surface area contributed by atoms with Crippen molar-refractivity contribution in [3.05, 3.63) is 53.9 Å². The Morgan fingerprint density at radius 1 is 1.11 bits per heavy atom. The lowest BCUT2D eigenvalue weighted by Crippen LogP contribution is -2.39. The van der Waals surface area contributed by atoms with E-state index in [1.165, 1.54) is 24.9 Å². The molecule has 5 nitrogen and oxygen atoms in total. The van der Waals surface area contributed by atoms with Gasteiger partial charge in [-0.1, -0.05) is 19.1 Å². The molecule has 0 N–H and O–H groups in total. The van der Waals surface area contributed by atoms with Gasteiger partial charge in [-0.25, -0.2) is 0 Å². The second-order valence-corrected chi connectivity index (χ2v) is 7.10. The average molecular weight is 406 g/mol. The van der Waals surface area contributed by atoms with Crippen LogP contribution in [0.15, 0.2) is 42.7 Å². The summed E-state index contributed by atoms with van der Waals surface area (Å²) in [4.78, 5) is 9.27. The van der Waals surface area contributed by atoms with Crippen molar-refractivity contribution in [1.29, 1.82) is 0 Å². The maximum atomic E-state index is 5.66. The van der Waals surface area contributed by atoms with Gasteiger partial charge in [-0.3, -0.25) is 14.8 Å². The Hall–Kier alpha value is -1.82. The molecule has 1 aliphatic rings. The van der Waals surface area contributed by atoms with E-state index in [4.69, 9.17) is 9.47 Å². The summed E-state index contributed by atoms with van der Waals surface area (Å²) in [6, 6.07) is 10.9. The highest BCUT2D eigenvalue weighted by Crippen LogP contribution is 2.32. The van der Waals surface area contributed by atoms with Gasteiger partial charge in [0, 0.05) is 43.6 Å². The number of hydrogen-bond donors (Lipinski definition) is 0. The Kier molecular flexibility index (Phi) is 9.03. The Morgan fingerprint density at radius 3 is 2.57 bits per heavy atom. The third kappa shape index (κ3) is 5.60. The number of rotatable bonds is 9. The molecule has 1 aromatic heterocycles. The van der Waals surface area contributed by atoms with Gasteiger partial charge in [0.2, 0.25) is 0 Å². The molecule has 3 rings (SSSR count). The lowest BCUT2D eigenvalue weighted by molar-refractivity contribution is 0.164. The summed E-state index contributed by atoms with van der Waals surface area (Å²) < 4.78 is 11.1. The fraction of sp³-hybridized carbons (Fsp3) is 0.500. The zero-order valence-corrected chi connectivity index (χ0v) is 18.0. The fourth-order valence-corrected chi connectivity index (χ4v) is 4.07. The zero-order chi connectivity index (χ0) is 19.1. The van der Waals surface area contributed by atoms with Crippen LogP contribution in [0.25, 0.3) is 0 Å². The number of methoxy groups -OCH3 is 2. The van der Waals surface area contributed by atoms with Gasteiger partial charge in [0.05, 0.1) is 14.2 Å². The zero-order valence-electron chi connectivity index (χ0n) is 17.1. The van der Waals surface area contributed by atoms with Crippen LogP contribution in [-0.2, 0) is 13.1 Å². The number of para-hydroxylation sites is 1. The lowest BCUT2D eigenvalue weighted by atomic mass is 10.1. The first-order chi connectivity index (χ1) is 13.2. The maximum Gasteiger partial charge on any atom is 0.165 e. The minimum absolute atomic E-state index is 0.